The molecule has 0 saturated heterocycles. The summed E-state index contributed by atoms with van der Waals surface area (Å²) in [5, 5.41) is 3.68. The van der Waals surface area contributed by atoms with Crippen LogP contribution in [0.4, 0.5) is 0 Å². The summed E-state index contributed by atoms with van der Waals surface area (Å²) in [6.07, 6.45) is 0.233. The maximum atomic E-state index is 12.3. The number of benzene rings is 2. The zero-order chi connectivity index (χ0) is 21.1. The van der Waals surface area contributed by atoms with E-state index in [0.29, 0.717) is 11.1 Å². The molecule has 5 heteroatoms. The van der Waals surface area contributed by atoms with E-state index in [9.17, 15) is 14.4 Å². The first-order chi connectivity index (χ1) is 13.7. The predicted molar refractivity (Wildman–Crippen MR) is 115 cm³/mol. The molecular formula is C24H26N2O3. The molecular weight excluding hydrogens is 364 g/mol. The third-order valence-electron chi connectivity index (χ3n) is 5.42. The average Bonchev–Trinajstić information content (AvgIpc) is 2.68. The number of aromatic amines is 1. The van der Waals surface area contributed by atoms with Gasteiger partial charge in [0.1, 0.15) is 0 Å². The van der Waals surface area contributed by atoms with Gasteiger partial charge in [0.25, 0.3) is 5.56 Å². The van der Waals surface area contributed by atoms with Gasteiger partial charge in [0.15, 0.2) is 5.78 Å². The van der Waals surface area contributed by atoms with Gasteiger partial charge in [0, 0.05) is 36.0 Å². The molecule has 0 atom stereocenters. The van der Waals surface area contributed by atoms with Crippen LogP contribution in [0, 0.1) is 27.7 Å². The highest BCUT2D eigenvalue weighted by Crippen LogP contribution is 2.17. The normalized spacial score (nSPS) is 10.9. The topological polar surface area (TPSA) is 79.0 Å². The first-order valence-electron chi connectivity index (χ1n) is 9.75. The summed E-state index contributed by atoms with van der Waals surface area (Å²) < 4.78 is 0. The Bertz CT molecular complexity index is 1160. The fraction of sp³-hybridized carbons (Fsp3) is 0.292. The second kappa shape index (κ2) is 8.43. The van der Waals surface area contributed by atoms with E-state index in [-0.39, 0.29) is 36.6 Å². The molecule has 1 aromatic heterocycles. The lowest BCUT2D eigenvalue weighted by Crippen LogP contribution is -2.27. The van der Waals surface area contributed by atoms with Crippen molar-refractivity contribution < 1.29 is 9.59 Å². The molecule has 0 bridgehead atoms. The molecule has 0 fully saturated rings. The summed E-state index contributed by atoms with van der Waals surface area (Å²) in [5.74, 6) is -0.306. The van der Waals surface area contributed by atoms with Crippen LogP contribution in [-0.4, -0.2) is 16.7 Å². The van der Waals surface area contributed by atoms with Crippen LogP contribution >= 0.6 is 0 Å². The lowest BCUT2D eigenvalue weighted by Gasteiger charge is -2.08. The lowest BCUT2D eigenvalue weighted by molar-refractivity contribution is -0.121. The fourth-order valence-electron chi connectivity index (χ4n) is 3.22. The van der Waals surface area contributed by atoms with Gasteiger partial charge in [0.05, 0.1) is 0 Å². The maximum absolute atomic E-state index is 12.3. The van der Waals surface area contributed by atoms with E-state index in [1.807, 2.05) is 52.0 Å². The molecule has 2 N–H and O–H groups in total. The Morgan fingerprint density at radius 3 is 2.28 bits per heavy atom. The van der Waals surface area contributed by atoms with Crippen LogP contribution in [0.1, 0.15) is 51.0 Å². The molecule has 0 aliphatic rings. The van der Waals surface area contributed by atoms with Crippen molar-refractivity contribution in [3.8, 4) is 0 Å². The number of rotatable bonds is 6. The van der Waals surface area contributed by atoms with Crippen LogP contribution in [0.2, 0.25) is 0 Å². The van der Waals surface area contributed by atoms with Crippen molar-refractivity contribution >= 4 is 22.6 Å². The number of hydrogen-bond acceptors (Lipinski definition) is 3. The van der Waals surface area contributed by atoms with Gasteiger partial charge in [-0.25, -0.2) is 0 Å². The number of hydrogen-bond donors (Lipinski definition) is 2. The van der Waals surface area contributed by atoms with Gasteiger partial charge < -0.3 is 10.3 Å². The minimum atomic E-state index is -0.248. The second-order valence-electron chi connectivity index (χ2n) is 7.65. The van der Waals surface area contributed by atoms with E-state index in [1.165, 1.54) is 0 Å². The quantitative estimate of drug-likeness (QED) is 0.624. The van der Waals surface area contributed by atoms with Crippen molar-refractivity contribution in [3.05, 3.63) is 80.1 Å². The lowest BCUT2D eigenvalue weighted by atomic mass is 10.0. The summed E-state index contributed by atoms with van der Waals surface area (Å²) >= 11 is 0. The van der Waals surface area contributed by atoms with Crippen LogP contribution in [0.25, 0.3) is 10.9 Å². The van der Waals surface area contributed by atoms with Gasteiger partial charge in [-0.1, -0.05) is 12.1 Å². The van der Waals surface area contributed by atoms with Crippen molar-refractivity contribution in [2.24, 2.45) is 0 Å². The highest BCUT2D eigenvalue weighted by atomic mass is 16.2. The zero-order valence-electron chi connectivity index (χ0n) is 17.3. The third kappa shape index (κ3) is 4.80. The maximum Gasteiger partial charge on any atom is 0.253 e. The number of ketones is 1. The summed E-state index contributed by atoms with van der Waals surface area (Å²) in [4.78, 5) is 39.6. The minimum Gasteiger partial charge on any atom is -0.352 e. The molecule has 1 amide bonds. The van der Waals surface area contributed by atoms with E-state index in [1.54, 1.807) is 12.1 Å². The minimum absolute atomic E-state index is 0.0577. The van der Waals surface area contributed by atoms with Gasteiger partial charge in [-0.05, 0) is 79.6 Å². The molecule has 0 saturated carbocycles. The molecule has 29 heavy (non-hydrogen) atoms. The fourth-order valence-corrected chi connectivity index (χ4v) is 3.22. The Kier molecular flexibility index (Phi) is 5.97. The Balaban J connectivity index is 1.61. The number of H-pyrrole nitrogens is 1. The second-order valence-corrected chi connectivity index (χ2v) is 7.65. The molecule has 150 valence electrons. The average molecular weight is 390 g/mol. The number of pyridine rings is 1. The van der Waals surface area contributed by atoms with Gasteiger partial charge in [0.2, 0.25) is 5.91 Å². The van der Waals surface area contributed by atoms with Gasteiger partial charge in [-0.3, -0.25) is 14.4 Å². The van der Waals surface area contributed by atoms with Crippen LogP contribution < -0.4 is 10.9 Å². The Hall–Kier alpha value is -3.21. The highest BCUT2D eigenvalue weighted by Gasteiger charge is 2.11. The summed E-state index contributed by atoms with van der Waals surface area (Å²) in [6, 6.07) is 11.3. The van der Waals surface area contributed by atoms with Crippen molar-refractivity contribution in [3.63, 3.8) is 0 Å². The Labute approximate surface area is 170 Å². The third-order valence-corrected chi connectivity index (χ3v) is 5.42. The van der Waals surface area contributed by atoms with Gasteiger partial charge >= 0.3 is 0 Å². The number of fused-ring (bicyclic) bond motifs is 1. The number of Topliss-reactive ketones (excluding diaryl/α,β-unsaturated/α-hetero) is 1. The summed E-state index contributed by atoms with van der Waals surface area (Å²) in [7, 11) is 0. The Morgan fingerprint density at radius 1 is 0.862 bits per heavy atom. The van der Waals surface area contributed by atoms with E-state index < -0.39 is 0 Å². The smallest absolute Gasteiger partial charge is 0.253 e. The number of amides is 1. The van der Waals surface area contributed by atoms with E-state index >= 15 is 0 Å². The van der Waals surface area contributed by atoms with Crippen LogP contribution in [0.5, 0.6) is 0 Å². The molecule has 0 radical (unpaired) electrons. The van der Waals surface area contributed by atoms with E-state index in [0.717, 1.165) is 33.2 Å². The zero-order valence-corrected chi connectivity index (χ0v) is 17.3. The van der Waals surface area contributed by atoms with Crippen molar-refractivity contribution in [1.29, 1.82) is 0 Å². The number of carbonyl (C=O) groups is 2. The monoisotopic (exact) mass is 390 g/mol. The summed E-state index contributed by atoms with van der Waals surface area (Å²) in [5.41, 5.74) is 6.13. The van der Waals surface area contributed by atoms with Crippen LogP contribution in [-0.2, 0) is 11.3 Å². The van der Waals surface area contributed by atoms with Crippen LogP contribution in [0.3, 0.4) is 0 Å². The van der Waals surface area contributed by atoms with Crippen molar-refractivity contribution in [2.45, 2.75) is 47.1 Å². The van der Waals surface area contributed by atoms with Crippen molar-refractivity contribution in [1.82, 2.24) is 10.3 Å². The molecule has 0 aliphatic carbocycles. The first-order valence-corrected chi connectivity index (χ1v) is 9.75. The van der Waals surface area contributed by atoms with Gasteiger partial charge in [-0.15, -0.1) is 0 Å². The SMILES string of the molecule is Cc1ccc(C(=O)CCC(=O)NCc2cc3cc(C)c(C)cc3[nH]c2=O)cc1C. The molecule has 3 rings (SSSR count). The molecule has 1 heterocycles. The molecule has 3 aromatic rings. The number of aromatic nitrogens is 1. The molecule has 0 aliphatic heterocycles. The van der Waals surface area contributed by atoms with E-state index in [2.05, 4.69) is 10.3 Å². The van der Waals surface area contributed by atoms with Crippen LogP contribution in [0.15, 0.2) is 41.2 Å². The standard InChI is InChI=1S/C24H26N2O3/c1-14-5-6-18(9-15(14)2)22(27)7-8-23(28)25-13-20-12-19-10-16(3)17(4)11-21(19)26-24(20)29/h5-6,9-12H,7-8,13H2,1-4H3,(H,25,28)(H,26,29). The number of aryl methyl sites for hydroxylation is 4. The molecule has 0 spiro atoms. The molecule has 2 aromatic carbocycles. The largest absolute Gasteiger partial charge is 0.352 e. The Morgan fingerprint density at radius 2 is 1.55 bits per heavy atom. The van der Waals surface area contributed by atoms with E-state index in [4.69, 9.17) is 0 Å². The number of nitrogens with one attached hydrogen (secondary N) is 2. The first kappa shape index (κ1) is 20.5. The summed E-state index contributed by atoms with van der Waals surface area (Å²) in [6.45, 7) is 8.11. The molecule has 5 nitrogen and oxygen atoms in total. The van der Waals surface area contributed by atoms with Gasteiger partial charge in [-0.2, -0.15) is 0 Å². The highest BCUT2D eigenvalue weighted by molar-refractivity contribution is 5.98. The number of carbonyl (C=O) groups excluding carboxylic acids is 2. The predicted octanol–water partition coefficient (Wildman–Crippen LogP) is 4.04. The van der Waals surface area contributed by atoms with Crippen molar-refractivity contribution in [2.75, 3.05) is 0 Å². The molecule has 0 unspecified atom stereocenters.